The predicted molar refractivity (Wildman–Crippen MR) is 82.5 cm³/mol. The van der Waals surface area contributed by atoms with Crippen molar-refractivity contribution in [2.45, 2.75) is 26.9 Å². The molecule has 1 rings (SSSR count). The van der Waals surface area contributed by atoms with Gasteiger partial charge in [0.05, 0.1) is 0 Å². The average molecular weight is 304 g/mol. The number of likely N-dealkylation sites (N-methyl/N-ethyl adjacent to an activating group) is 1. The molecule has 0 aliphatic rings. The zero-order valence-electron chi connectivity index (χ0n) is 12.9. The minimum absolute atomic E-state index is 0.0187. The summed E-state index contributed by atoms with van der Waals surface area (Å²) < 4.78 is 5.07. The van der Waals surface area contributed by atoms with E-state index in [1.165, 1.54) is 19.9 Å². The van der Waals surface area contributed by atoms with E-state index < -0.39 is 23.9 Å². The van der Waals surface area contributed by atoms with E-state index in [9.17, 15) is 14.4 Å². The number of nitrogens with one attached hydrogen (secondary N) is 2. The van der Waals surface area contributed by atoms with Gasteiger partial charge >= 0.3 is 5.97 Å². The van der Waals surface area contributed by atoms with Crippen molar-refractivity contribution in [2.24, 2.45) is 0 Å². The second kappa shape index (κ2) is 8.61. The minimum atomic E-state index is -0.944. The molecule has 0 fully saturated rings. The predicted octanol–water partition coefficient (Wildman–Crippen LogP) is 1.23. The van der Waals surface area contributed by atoms with E-state index in [0.717, 1.165) is 5.56 Å². The standard InChI is InChI=1S/C16H20N2O4/c1-4-17-15(20)11(2)22-16(21)14(18-12(3)19)10-13-8-6-5-7-9-13/h5-11H,4H2,1-3H3,(H,17,20)(H,18,19)/b14-10-/t11-/m0/s1. The zero-order chi connectivity index (χ0) is 16.5. The lowest BCUT2D eigenvalue weighted by Gasteiger charge is -2.14. The van der Waals surface area contributed by atoms with Crippen LogP contribution in [0.25, 0.3) is 6.08 Å². The molecule has 0 unspecified atom stereocenters. The summed E-state index contributed by atoms with van der Waals surface area (Å²) in [6.07, 6.45) is 0.550. The highest BCUT2D eigenvalue weighted by atomic mass is 16.5. The number of carbonyl (C=O) groups excluding carboxylic acids is 3. The number of ether oxygens (including phenoxy) is 1. The van der Waals surface area contributed by atoms with E-state index in [0.29, 0.717) is 6.54 Å². The summed E-state index contributed by atoms with van der Waals surface area (Å²) in [5, 5.41) is 4.98. The number of rotatable bonds is 6. The van der Waals surface area contributed by atoms with Crippen molar-refractivity contribution in [3.05, 3.63) is 41.6 Å². The molecule has 22 heavy (non-hydrogen) atoms. The Morgan fingerprint density at radius 2 is 1.86 bits per heavy atom. The smallest absolute Gasteiger partial charge is 0.355 e. The molecule has 0 saturated heterocycles. The normalized spacial score (nSPS) is 12.2. The Labute approximate surface area is 129 Å². The van der Waals surface area contributed by atoms with Gasteiger partial charge in [-0.15, -0.1) is 0 Å². The molecule has 1 aromatic carbocycles. The monoisotopic (exact) mass is 304 g/mol. The molecule has 0 aliphatic carbocycles. The van der Waals surface area contributed by atoms with Crippen LogP contribution in [-0.2, 0) is 19.1 Å². The number of carbonyl (C=O) groups is 3. The van der Waals surface area contributed by atoms with Crippen molar-refractivity contribution < 1.29 is 19.1 Å². The summed E-state index contributed by atoms with van der Waals surface area (Å²) in [5.41, 5.74) is 0.712. The average Bonchev–Trinajstić information content (AvgIpc) is 2.47. The highest BCUT2D eigenvalue weighted by molar-refractivity contribution is 5.98. The fourth-order valence-electron chi connectivity index (χ4n) is 1.65. The molecule has 0 saturated carbocycles. The van der Waals surface area contributed by atoms with Crippen LogP contribution in [0.3, 0.4) is 0 Å². The maximum atomic E-state index is 12.1. The molecular weight excluding hydrogens is 284 g/mol. The Morgan fingerprint density at radius 3 is 2.41 bits per heavy atom. The molecule has 2 N–H and O–H groups in total. The number of esters is 1. The molecule has 0 heterocycles. The first-order valence-corrected chi connectivity index (χ1v) is 6.97. The van der Waals surface area contributed by atoms with Gasteiger partial charge in [-0.05, 0) is 25.5 Å². The molecule has 2 amide bonds. The molecule has 1 aromatic rings. The van der Waals surface area contributed by atoms with Crippen LogP contribution in [0.1, 0.15) is 26.3 Å². The van der Waals surface area contributed by atoms with Gasteiger partial charge in [-0.2, -0.15) is 0 Å². The number of hydrogen-bond donors (Lipinski definition) is 2. The first-order chi connectivity index (χ1) is 10.4. The van der Waals surface area contributed by atoms with E-state index >= 15 is 0 Å². The van der Waals surface area contributed by atoms with Crippen LogP contribution in [0.5, 0.6) is 0 Å². The van der Waals surface area contributed by atoms with Gasteiger partial charge in [0, 0.05) is 13.5 Å². The van der Waals surface area contributed by atoms with E-state index in [1.54, 1.807) is 31.2 Å². The number of amides is 2. The molecule has 0 aliphatic heterocycles. The van der Waals surface area contributed by atoms with Crippen LogP contribution in [-0.4, -0.2) is 30.4 Å². The summed E-state index contributed by atoms with van der Waals surface area (Å²) in [6.45, 7) is 4.97. The summed E-state index contributed by atoms with van der Waals surface area (Å²) in [4.78, 5) is 34.9. The summed E-state index contributed by atoms with van der Waals surface area (Å²) in [5.74, 6) is -1.56. The molecule has 0 bridgehead atoms. The van der Waals surface area contributed by atoms with Crippen molar-refractivity contribution in [1.29, 1.82) is 0 Å². The molecule has 6 heteroatoms. The van der Waals surface area contributed by atoms with Crippen LogP contribution in [0.15, 0.2) is 36.0 Å². The van der Waals surface area contributed by atoms with Crippen molar-refractivity contribution in [3.63, 3.8) is 0 Å². The van der Waals surface area contributed by atoms with Gasteiger partial charge in [0.25, 0.3) is 5.91 Å². The molecule has 6 nitrogen and oxygen atoms in total. The molecule has 118 valence electrons. The Hall–Kier alpha value is -2.63. The fourth-order valence-corrected chi connectivity index (χ4v) is 1.65. The largest absolute Gasteiger partial charge is 0.448 e. The van der Waals surface area contributed by atoms with Gasteiger partial charge in [0.1, 0.15) is 5.70 Å². The third-order valence-corrected chi connectivity index (χ3v) is 2.65. The number of benzene rings is 1. The first kappa shape index (κ1) is 17.4. The Morgan fingerprint density at radius 1 is 1.23 bits per heavy atom. The molecular formula is C16H20N2O4. The second-order valence-corrected chi connectivity index (χ2v) is 4.59. The van der Waals surface area contributed by atoms with E-state index in [-0.39, 0.29) is 5.70 Å². The lowest BCUT2D eigenvalue weighted by molar-refractivity contribution is -0.151. The Bertz CT molecular complexity index is 567. The van der Waals surface area contributed by atoms with Crippen molar-refractivity contribution in [1.82, 2.24) is 10.6 Å². The topological polar surface area (TPSA) is 84.5 Å². The highest BCUT2D eigenvalue weighted by Gasteiger charge is 2.20. The van der Waals surface area contributed by atoms with E-state index in [2.05, 4.69) is 10.6 Å². The van der Waals surface area contributed by atoms with Crippen LogP contribution in [0.4, 0.5) is 0 Å². The van der Waals surface area contributed by atoms with Crippen LogP contribution < -0.4 is 10.6 Å². The Balaban J connectivity index is 2.88. The van der Waals surface area contributed by atoms with Gasteiger partial charge in [-0.1, -0.05) is 30.3 Å². The van der Waals surface area contributed by atoms with E-state index in [1.807, 2.05) is 6.07 Å². The third-order valence-electron chi connectivity index (χ3n) is 2.65. The van der Waals surface area contributed by atoms with Gasteiger partial charge < -0.3 is 15.4 Å². The lowest BCUT2D eigenvalue weighted by atomic mass is 10.2. The van der Waals surface area contributed by atoms with Gasteiger partial charge in [-0.3, -0.25) is 9.59 Å². The molecule has 0 aromatic heterocycles. The molecule has 0 spiro atoms. The zero-order valence-corrected chi connectivity index (χ0v) is 12.9. The Kier molecular flexibility index (Phi) is 6.82. The fraction of sp³-hybridized carbons (Fsp3) is 0.312. The second-order valence-electron chi connectivity index (χ2n) is 4.59. The highest BCUT2D eigenvalue weighted by Crippen LogP contribution is 2.07. The summed E-state index contributed by atoms with van der Waals surface area (Å²) in [6, 6.07) is 9.01. The van der Waals surface area contributed by atoms with Gasteiger partial charge in [0.2, 0.25) is 5.91 Å². The molecule has 1 atom stereocenters. The summed E-state index contributed by atoms with van der Waals surface area (Å²) >= 11 is 0. The van der Waals surface area contributed by atoms with Crippen molar-refractivity contribution in [3.8, 4) is 0 Å². The first-order valence-electron chi connectivity index (χ1n) is 6.97. The third kappa shape index (κ3) is 5.78. The summed E-state index contributed by atoms with van der Waals surface area (Å²) in [7, 11) is 0. The van der Waals surface area contributed by atoms with Gasteiger partial charge in [-0.25, -0.2) is 4.79 Å². The number of hydrogen-bond acceptors (Lipinski definition) is 4. The van der Waals surface area contributed by atoms with Crippen molar-refractivity contribution >= 4 is 23.9 Å². The quantitative estimate of drug-likeness (QED) is 0.611. The van der Waals surface area contributed by atoms with Crippen LogP contribution >= 0.6 is 0 Å². The minimum Gasteiger partial charge on any atom is -0.448 e. The van der Waals surface area contributed by atoms with Crippen LogP contribution in [0, 0.1) is 0 Å². The van der Waals surface area contributed by atoms with Crippen LogP contribution in [0.2, 0.25) is 0 Å². The molecule has 0 radical (unpaired) electrons. The SMILES string of the molecule is CCNC(=O)[C@H](C)OC(=O)/C(=C/c1ccccc1)NC(C)=O. The maximum Gasteiger partial charge on any atom is 0.355 e. The van der Waals surface area contributed by atoms with Gasteiger partial charge in [0.15, 0.2) is 6.10 Å². The van der Waals surface area contributed by atoms with Crippen molar-refractivity contribution in [2.75, 3.05) is 6.54 Å². The lowest BCUT2D eigenvalue weighted by Crippen LogP contribution is -2.37. The van der Waals surface area contributed by atoms with E-state index in [4.69, 9.17) is 4.74 Å². The maximum absolute atomic E-state index is 12.1.